The fourth-order valence-corrected chi connectivity index (χ4v) is 1.90. The first-order valence-corrected chi connectivity index (χ1v) is 5.94. The molecule has 1 aromatic carbocycles. The van der Waals surface area contributed by atoms with E-state index in [0.717, 1.165) is 24.2 Å². The van der Waals surface area contributed by atoms with Crippen LogP contribution < -0.4 is 0 Å². The van der Waals surface area contributed by atoms with Gasteiger partial charge in [0.2, 0.25) is 0 Å². The first kappa shape index (κ1) is 11.6. The Kier molecular flexibility index (Phi) is 3.76. The van der Waals surface area contributed by atoms with Crippen molar-refractivity contribution in [2.75, 3.05) is 0 Å². The van der Waals surface area contributed by atoms with Crippen LogP contribution in [0.3, 0.4) is 0 Å². The van der Waals surface area contributed by atoms with Gasteiger partial charge in [0, 0.05) is 12.8 Å². The van der Waals surface area contributed by atoms with E-state index < -0.39 is 0 Å². The summed E-state index contributed by atoms with van der Waals surface area (Å²) in [6.07, 6.45) is 3.68. The van der Waals surface area contributed by atoms with Crippen molar-refractivity contribution < 1.29 is 9.21 Å². The Hall–Kier alpha value is -1.83. The van der Waals surface area contributed by atoms with Crippen molar-refractivity contribution in [3.05, 3.63) is 59.5 Å². The number of furan rings is 1. The molecular weight excluding hydrogens is 212 g/mol. The minimum Gasteiger partial charge on any atom is -0.469 e. The van der Waals surface area contributed by atoms with Crippen molar-refractivity contribution in [2.24, 2.45) is 0 Å². The maximum absolute atomic E-state index is 12.0. The van der Waals surface area contributed by atoms with Gasteiger partial charge in [-0.3, -0.25) is 4.79 Å². The Labute approximate surface area is 101 Å². The summed E-state index contributed by atoms with van der Waals surface area (Å²) in [4.78, 5) is 12.0. The molecule has 88 valence electrons. The number of rotatable bonds is 5. The average molecular weight is 228 g/mol. The summed E-state index contributed by atoms with van der Waals surface area (Å²) >= 11 is 0. The van der Waals surface area contributed by atoms with Crippen LogP contribution in [0.5, 0.6) is 0 Å². The van der Waals surface area contributed by atoms with E-state index in [-0.39, 0.29) is 5.78 Å². The van der Waals surface area contributed by atoms with Crippen molar-refractivity contribution in [1.29, 1.82) is 0 Å². The first-order chi connectivity index (χ1) is 8.31. The molecule has 2 aromatic rings. The SMILES string of the molecule is CCc1occc1C(=O)CCc1ccccc1. The highest BCUT2D eigenvalue weighted by Crippen LogP contribution is 2.15. The van der Waals surface area contributed by atoms with Gasteiger partial charge >= 0.3 is 0 Å². The van der Waals surface area contributed by atoms with Crippen LogP contribution in [0.4, 0.5) is 0 Å². The van der Waals surface area contributed by atoms with E-state index in [1.807, 2.05) is 37.3 Å². The van der Waals surface area contributed by atoms with Crippen LogP contribution in [0.15, 0.2) is 47.1 Å². The van der Waals surface area contributed by atoms with Crippen LogP contribution >= 0.6 is 0 Å². The zero-order valence-electron chi connectivity index (χ0n) is 9.98. The van der Waals surface area contributed by atoms with E-state index in [4.69, 9.17) is 4.42 Å². The highest BCUT2D eigenvalue weighted by Gasteiger charge is 2.12. The fourth-order valence-electron chi connectivity index (χ4n) is 1.90. The average Bonchev–Trinajstić information content (AvgIpc) is 2.85. The Morgan fingerprint density at radius 2 is 1.94 bits per heavy atom. The Bertz CT molecular complexity index is 483. The van der Waals surface area contributed by atoms with Crippen LogP contribution in [0, 0.1) is 0 Å². The van der Waals surface area contributed by atoms with Gasteiger partial charge in [0.15, 0.2) is 5.78 Å². The van der Waals surface area contributed by atoms with Gasteiger partial charge in [-0.05, 0) is 18.1 Å². The molecule has 0 saturated carbocycles. The molecule has 2 rings (SSSR count). The quantitative estimate of drug-likeness (QED) is 0.731. The molecule has 0 aliphatic rings. The summed E-state index contributed by atoms with van der Waals surface area (Å²) in [7, 11) is 0. The van der Waals surface area contributed by atoms with Crippen LogP contribution in [0.25, 0.3) is 0 Å². The van der Waals surface area contributed by atoms with E-state index in [0.29, 0.717) is 6.42 Å². The summed E-state index contributed by atoms with van der Waals surface area (Å²) in [5, 5.41) is 0. The predicted octanol–water partition coefficient (Wildman–Crippen LogP) is 3.66. The van der Waals surface area contributed by atoms with E-state index in [1.165, 1.54) is 5.56 Å². The molecule has 0 spiro atoms. The molecule has 0 unspecified atom stereocenters. The lowest BCUT2D eigenvalue weighted by Crippen LogP contribution is -2.02. The Balaban J connectivity index is 1.98. The highest BCUT2D eigenvalue weighted by atomic mass is 16.3. The maximum Gasteiger partial charge on any atom is 0.166 e. The van der Waals surface area contributed by atoms with Crippen molar-refractivity contribution in [3.63, 3.8) is 0 Å². The molecule has 17 heavy (non-hydrogen) atoms. The molecule has 0 saturated heterocycles. The zero-order valence-corrected chi connectivity index (χ0v) is 9.98. The normalized spacial score (nSPS) is 10.4. The lowest BCUT2D eigenvalue weighted by Gasteiger charge is -2.01. The lowest BCUT2D eigenvalue weighted by atomic mass is 10.0. The highest BCUT2D eigenvalue weighted by molar-refractivity contribution is 5.97. The van der Waals surface area contributed by atoms with Gasteiger partial charge in [0.05, 0.1) is 11.8 Å². The molecule has 2 heteroatoms. The standard InChI is InChI=1S/C15H16O2/c1-2-15-13(10-11-17-15)14(16)9-8-12-6-4-3-5-7-12/h3-7,10-11H,2,8-9H2,1H3. The van der Waals surface area contributed by atoms with Crippen LogP contribution in [-0.2, 0) is 12.8 Å². The number of carbonyl (C=O) groups is 1. The second-order valence-corrected chi connectivity index (χ2v) is 4.02. The molecule has 2 nitrogen and oxygen atoms in total. The number of hydrogen-bond donors (Lipinski definition) is 0. The topological polar surface area (TPSA) is 30.2 Å². The molecule has 1 aromatic heterocycles. The van der Waals surface area contributed by atoms with Crippen molar-refractivity contribution >= 4 is 5.78 Å². The molecule has 1 heterocycles. The molecule has 0 radical (unpaired) electrons. The minimum atomic E-state index is 0.166. The molecule has 0 aliphatic carbocycles. The van der Waals surface area contributed by atoms with E-state index in [1.54, 1.807) is 12.3 Å². The third kappa shape index (κ3) is 2.84. The molecule has 0 fully saturated rings. The predicted molar refractivity (Wildman–Crippen MR) is 67.2 cm³/mol. The van der Waals surface area contributed by atoms with E-state index in [9.17, 15) is 4.79 Å². The summed E-state index contributed by atoms with van der Waals surface area (Å²) in [6.45, 7) is 1.99. The number of aryl methyl sites for hydroxylation is 2. The Morgan fingerprint density at radius 1 is 1.18 bits per heavy atom. The molecule has 0 atom stereocenters. The lowest BCUT2D eigenvalue weighted by molar-refractivity contribution is 0.0981. The van der Waals surface area contributed by atoms with Gasteiger partial charge in [-0.15, -0.1) is 0 Å². The zero-order chi connectivity index (χ0) is 12.1. The fraction of sp³-hybridized carbons (Fsp3) is 0.267. The number of carbonyl (C=O) groups excluding carboxylic acids is 1. The van der Waals surface area contributed by atoms with Crippen LogP contribution in [-0.4, -0.2) is 5.78 Å². The summed E-state index contributed by atoms with van der Waals surface area (Å²) in [5.74, 6) is 0.961. The van der Waals surface area contributed by atoms with Gasteiger partial charge in [-0.1, -0.05) is 37.3 Å². The minimum absolute atomic E-state index is 0.166. The molecule has 0 bridgehead atoms. The van der Waals surface area contributed by atoms with Crippen LogP contribution in [0.2, 0.25) is 0 Å². The summed E-state index contributed by atoms with van der Waals surface area (Å²) in [5.41, 5.74) is 1.94. The smallest absolute Gasteiger partial charge is 0.166 e. The van der Waals surface area contributed by atoms with E-state index >= 15 is 0 Å². The maximum atomic E-state index is 12.0. The van der Waals surface area contributed by atoms with Crippen molar-refractivity contribution in [1.82, 2.24) is 0 Å². The van der Waals surface area contributed by atoms with Gasteiger partial charge < -0.3 is 4.42 Å². The third-order valence-electron chi connectivity index (χ3n) is 2.85. The molecular formula is C15H16O2. The number of benzene rings is 1. The first-order valence-electron chi connectivity index (χ1n) is 5.94. The van der Waals surface area contributed by atoms with Crippen molar-refractivity contribution in [3.8, 4) is 0 Å². The van der Waals surface area contributed by atoms with Crippen LogP contribution in [0.1, 0.15) is 35.0 Å². The summed E-state index contributed by atoms with van der Waals surface area (Å²) < 4.78 is 5.27. The number of Topliss-reactive ketones (excluding diaryl/α,β-unsaturated/α-hetero) is 1. The number of hydrogen-bond acceptors (Lipinski definition) is 2. The van der Waals surface area contributed by atoms with E-state index in [2.05, 4.69) is 0 Å². The molecule has 0 N–H and O–H groups in total. The summed E-state index contributed by atoms with van der Waals surface area (Å²) in [6, 6.07) is 11.8. The van der Waals surface area contributed by atoms with Gasteiger partial charge in [-0.2, -0.15) is 0 Å². The number of ketones is 1. The Morgan fingerprint density at radius 3 is 2.65 bits per heavy atom. The molecule has 0 aliphatic heterocycles. The van der Waals surface area contributed by atoms with Crippen molar-refractivity contribution in [2.45, 2.75) is 26.2 Å². The second-order valence-electron chi connectivity index (χ2n) is 4.02. The monoisotopic (exact) mass is 228 g/mol. The molecule has 0 amide bonds. The van der Waals surface area contributed by atoms with Gasteiger partial charge in [0.25, 0.3) is 0 Å². The van der Waals surface area contributed by atoms with Gasteiger partial charge in [-0.25, -0.2) is 0 Å². The second kappa shape index (κ2) is 5.48. The third-order valence-corrected chi connectivity index (χ3v) is 2.85. The largest absolute Gasteiger partial charge is 0.469 e. The van der Waals surface area contributed by atoms with Gasteiger partial charge in [0.1, 0.15) is 5.76 Å².